The summed E-state index contributed by atoms with van der Waals surface area (Å²) in [6.07, 6.45) is 1.92. The van der Waals surface area contributed by atoms with Crippen molar-refractivity contribution in [3.05, 3.63) is 0 Å². The van der Waals surface area contributed by atoms with E-state index in [1.54, 1.807) is 6.92 Å². The molecule has 21 heavy (non-hydrogen) atoms. The van der Waals surface area contributed by atoms with E-state index in [1.807, 2.05) is 6.92 Å². The molecular weight excluding hydrogens is 276 g/mol. The number of nitrogens with one attached hydrogen (secondary N) is 1. The molecule has 2 N–H and O–H groups in total. The highest BCUT2D eigenvalue weighted by Crippen LogP contribution is 2.35. The van der Waals surface area contributed by atoms with E-state index in [2.05, 4.69) is 5.32 Å². The van der Waals surface area contributed by atoms with Gasteiger partial charge in [0, 0.05) is 19.6 Å². The molecule has 0 radical (unpaired) electrons. The smallest absolute Gasteiger partial charge is 0.317 e. The number of carbonyl (C=O) groups excluding carboxylic acids is 2. The molecule has 1 rings (SSSR count). The lowest BCUT2D eigenvalue weighted by Gasteiger charge is -2.24. The fraction of sp³-hybridized carbons (Fsp3) is 0.786. The molecule has 2 amide bonds. The minimum absolute atomic E-state index is 0.118. The fourth-order valence-corrected chi connectivity index (χ4v) is 2.63. The van der Waals surface area contributed by atoms with Gasteiger partial charge in [-0.1, -0.05) is 13.3 Å². The molecule has 0 spiro atoms. The number of carboxylic acid groups (broad SMARTS) is 1. The van der Waals surface area contributed by atoms with Gasteiger partial charge in [-0.25, -0.2) is 4.79 Å². The molecule has 1 aliphatic rings. The molecule has 0 aromatic heterocycles. The monoisotopic (exact) mass is 300 g/mol. The van der Waals surface area contributed by atoms with Crippen molar-refractivity contribution in [2.45, 2.75) is 39.5 Å². The van der Waals surface area contributed by atoms with Crippen LogP contribution in [0.25, 0.3) is 0 Å². The Morgan fingerprint density at radius 1 is 1.33 bits per heavy atom. The Morgan fingerprint density at radius 3 is 2.62 bits per heavy atom. The van der Waals surface area contributed by atoms with E-state index >= 15 is 0 Å². The van der Waals surface area contributed by atoms with Crippen molar-refractivity contribution in [2.75, 3.05) is 26.2 Å². The largest absolute Gasteiger partial charge is 0.481 e. The zero-order valence-electron chi connectivity index (χ0n) is 12.7. The summed E-state index contributed by atoms with van der Waals surface area (Å²) in [5, 5.41) is 12.0. The lowest BCUT2D eigenvalue weighted by molar-refractivity contribution is -0.148. The SMILES string of the molecule is CCCC1(C(=O)O)CCN(C(=O)NCCC(=O)OCC)C1. The predicted octanol–water partition coefficient (Wildman–Crippen LogP) is 1.23. The van der Waals surface area contributed by atoms with Gasteiger partial charge in [0.05, 0.1) is 18.4 Å². The van der Waals surface area contributed by atoms with Gasteiger partial charge in [0.2, 0.25) is 0 Å². The van der Waals surface area contributed by atoms with Crippen LogP contribution in [0.4, 0.5) is 4.79 Å². The molecule has 7 heteroatoms. The molecule has 120 valence electrons. The number of esters is 1. The van der Waals surface area contributed by atoms with Crippen LogP contribution >= 0.6 is 0 Å². The number of aliphatic carboxylic acids is 1. The molecule has 1 fully saturated rings. The Morgan fingerprint density at radius 2 is 2.05 bits per heavy atom. The normalized spacial score (nSPS) is 21.1. The van der Waals surface area contributed by atoms with Crippen LogP contribution in [-0.4, -0.2) is 54.2 Å². The Hall–Kier alpha value is -1.79. The zero-order valence-corrected chi connectivity index (χ0v) is 12.7. The lowest BCUT2D eigenvalue weighted by atomic mass is 9.83. The number of carboxylic acids is 1. The van der Waals surface area contributed by atoms with E-state index in [9.17, 15) is 19.5 Å². The Kier molecular flexibility index (Phi) is 6.45. The topological polar surface area (TPSA) is 95.9 Å². The summed E-state index contributed by atoms with van der Waals surface area (Å²) in [7, 11) is 0. The van der Waals surface area contributed by atoms with Gasteiger partial charge >= 0.3 is 18.0 Å². The molecule has 0 bridgehead atoms. The van der Waals surface area contributed by atoms with Gasteiger partial charge in [0.1, 0.15) is 0 Å². The molecule has 7 nitrogen and oxygen atoms in total. The maximum atomic E-state index is 12.0. The van der Waals surface area contributed by atoms with E-state index in [-0.39, 0.29) is 31.5 Å². The second kappa shape index (κ2) is 7.85. The van der Waals surface area contributed by atoms with E-state index in [4.69, 9.17) is 4.74 Å². The van der Waals surface area contributed by atoms with E-state index in [0.29, 0.717) is 26.0 Å². The first-order valence-electron chi connectivity index (χ1n) is 7.37. The van der Waals surface area contributed by atoms with Crippen molar-refractivity contribution in [1.82, 2.24) is 10.2 Å². The molecular formula is C14H24N2O5. The Balaban J connectivity index is 2.43. The summed E-state index contributed by atoms with van der Waals surface area (Å²) < 4.78 is 4.76. The third kappa shape index (κ3) is 4.61. The van der Waals surface area contributed by atoms with E-state index in [1.165, 1.54) is 4.90 Å². The number of nitrogens with zero attached hydrogens (tertiary/aromatic N) is 1. The van der Waals surface area contributed by atoms with Gasteiger partial charge in [-0.2, -0.15) is 0 Å². The first-order valence-corrected chi connectivity index (χ1v) is 7.37. The molecule has 1 aliphatic heterocycles. The highest BCUT2D eigenvalue weighted by Gasteiger charge is 2.45. The highest BCUT2D eigenvalue weighted by molar-refractivity contribution is 5.80. The molecule has 0 aromatic rings. The van der Waals surface area contributed by atoms with Crippen molar-refractivity contribution in [2.24, 2.45) is 5.41 Å². The number of rotatable bonds is 7. The number of hydrogen-bond acceptors (Lipinski definition) is 4. The van der Waals surface area contributed by atoms with Gasteiger partial charge < -0.3 is 20.1 Å². The summed E-state index contributed by atoms with van der Waals surface area (Å²) >= 11 is 0. The summed E-state index contributed by atoms with van der Waals surface area (Å²) in [6, 6.07) is -0.321. The van der Waals surface area contributed by atoms with Gasteiger partial charge in [-0.3, -0.25) is 9.59 Å². The summed E-state index contributed by atoms with van der Waals surface area (Å²) in [5.74, 6) is -1.20. The minimum Gasteiger partial charge on any atom is -0.481 e. The molecule has 1 heterocycles. The third-order valence-corrected chi connectivity index (χ3v) is 3.73. The van der Waals surface area contributed by atoms with Crippen LogP contribution in [0.1, 0.15) is 39.5 Å². The van der Waals surface area contributed by atoms with Crippen LogP contribution in [-0.2, 0) is 14.3 Å². The maximum absolute atomic E-state index is 12.0. The van der Waals surface area contributed by atoms with Gasteiger partial charge in [0.15, 0.2) is 0 Å². The van der Waals surface area contributed by atoms with Crippen LogP contribution < -0.4 is 5.32 Å². The van der Waals surface area contributed by atoms with E-state index < -0.39 is 11.4 Å². The Bertz CT molecular complexity index is 399. The fourth-order valence-electron chi connectivity index (χ4n) is 2.63. The highest BCUT2D eigenvalue weighted by atomic mass is 16.5. The van der Waals surface area contributed by atoms with Crippen LogP contribution in [0.3, 0.4) is 0 Å². The van der Waals surface area contributed by atoms with Gasteiger partial charge in [0.25, 0.3) is 0 Å². The number of amides is 2. The summed E-state index contributed by atoms with van der Waals surface area (Å²) in [4.78, 5) is 36.1. The predicted molar refractivity (Wildman–Crippen MR) is 75.8 cm³/mol. The summed E-state index contributed by atoms with van der Waals surface area (Å²) in [6.45, 7) is 4.82. The maximum Gasteiger partial charge on any atom is 0.317 e. The van der Waals surface area contributed by atoms with Crippen molar-refractivity contribution in [3.63, 3.8) is 0 Å². The van der Waals surface area contributed by atoms with Crippen LogP contribution in [0.15, 0.2) is 0 Å². The first-order chi connectivity index (χ1) is 9.95. The van der Waals surface area contributed by atoms with Gasteiger partial charge in [-0.05, 0) is 19.8 Å². The number of carbonyl (C=O) groups is 3. The number of hydrogen-bond donors (Lipinski definition) is 2. The lowest BCUT2D eigenvalue weighted by Crippen LogP contribution is -2.42. The van der Waals surface area contributed by atoms with Crippen molar-refractivity contribution in [3.8, 4) is 0 Å². The second-order valence-electron chi connectivity index (χ2n) is 5.29. The molecule has 0 aliphatic carbocycles. The zero-order chi connectivity index (χ0) is 15.9. The average molecular weight is 300 g/mol. The van der Waals surface area contributed by atoms with Crippen LogP contribution in [0.2, 0.25) is 0 Å². The van der Waals surface area contributed by atoms with E-state index in [0.717, 1.165) is 6.42 Å². The number of ether oxygens (including phenoxy) is 1. The number of urea groups is 1. The van der Waals surface area contributed by atoms with Crippen LogP contribution in [0, 0.1) is 5.41 Å². The molecule has 1 atom stereocenters. The molecule has 0 saturated carbocycles. The second-order valence-corrected chi connectivity index (χ2v) is 5.29. The van der Waals surface area contributed by atoms with Crippen molar-refractivity contribution in [1.29, 1.82) is 0 Å². The number of likely N-dealkylation sites (tertiary alicyclic amines) is 1. The Labute approximate surface area is 124 Å². The average Bonchev–Trinajstić information content (AvgIpc) is 2.85. The van der Waals surface area contributed by atoms with Crippen molar-refractivity contribution >= 4 is 18.0 Å². The summed E-state index contributed by atoms with van der Waals surface area (Å²) in [5.41, 5.74) is -0.826. The van der Waals surface area contributed by atoms with Gasteiger partial charge in [-0.15, -0.1) is 0 Å². The minimum atomic E-state index is -0.842. The van der Waals surface area contributed by atoms with Crippen LogP contribution in [0.5, 0.6) is 0 Å². The van der Waals surface area contributed by atoms with Crippen molar-refractivity contribution < 1.29 is 24.2 Å². The first kappa shape index (κ1) is 17.3. The quantitative estimate of drug-likeness (QED) is 0.689. The standard InChI is InChI=1S/C14H24N2O5/c1-3-6-14(12(18)19)7-9-16(10-14)13(20)15-8-5-11(17)21-4-2/h3-10H2,1-2H3,(H,15,20)(H,18,19). The third-order valence-electron chi connectivity index (χ3n) is 3.73. The molecule has 1 unspecified atom stereocenters. The molecule has 0 aromatic carbocycles. The molecule has 1 saturated heterocycles.